The summed E-state index contributed by atoms with van der Waals surface area (Å²) in [6, 6.07) is -3.57. The minimum atomic E-state index is -2.40. The molecular formula is C40H70N2O31. The van der Waals surface area contributed by atoms with Crippen molar-refractivity contribution < 1.29 is 154 Å². The first-order valence-electron chi connectivity index (χ1n) is 23.0. The van der Waals surface area contributed by atoms with Crippen molar-refractivity contribution >= 4 is 11.8 Å². The molecule has 0 aliphatic carbocycles. The summed E-state index contributed by atoms with van der Waals surface area (Å²) in [6.45, 7) is -5.20. The zero-order chi connectivity index (χ0) is 54.3. The third-order valence-electron chi connectivity index (χ3n) is 12.9. The molecule has 0 saturated carbocycles. The van der Waals surface area contributed by atoms with Crippen LogP contribution in [0, 0.1) is 0 Å². The normalized spacial score (nSPS) is 45.2. The molecule has 0 radical (unpaired) electrons. The Bertz CT molecular complexity index is 1690. The van der Waals surface area contributed by atoms with E-state index in [1.807, 2.05) is 0 Å². The maximum Gasteiger partial charge on any atom is 0.217 e. The molecule has 0 unspecified atom stereocenters. The van der Waals surface area contributed by atoms with Gasteiger partial charge in [0.05, 0.1) is 52.3 Å². The van der Waals surface area contributed by atoms with Gasteiger partial charge in [-0.2, -0.15) is 0 Å². The van der Waals surface area contributed by atoms with Crippen LogP contribution < -0.4 is 10.6 Å². The van der Waals surface area contributed by atoms with Crippen LogP contribution in [0.5, 0.6) is 0 Å². The predicted octanol–water partition coefficient (Wildman–Crippen LogP) is -14.2. The Kier molecular flexibility index (Phi) is 23.1. The lowest BCUT2D eigenvalue weighted by Crippen LogP contribution is -2.70. The molecule has 73 heavy (non-hydrogen) atoms. The number of nitrogens with one attached hydrogen (secondary N) is 2. The lowest BCUT2D eigenvalue weighted by Gasteiger charge is -2.51. The number of aliphatic hydroxyl groups excluding tert-OH is 19. The first-order chi connectivity index (χ1) is 34.5. The molecular weight excluding hydrogens is 1000 g/mol. The fraction of sp³-hybridized carbons (Fsp3) is 0.950. The Balaban J connectivity index is 1.59. The van der Waals surface area contributed by atoms with Crippen molar-refractivity contribution in [3.8, 4) is 0 Å². The summed E-state index contributed by atoms with van der Waals surface area (Å²) in [5.41, 5.74) is 0. The van der Waals surface area contributed by atoms with Crippen LogP contribution in [0.15, 0.2) is 0 Å². The zero-order valence-electron chi connectivity index (χ0n) is 39.1. The van der Waals surface area contributed by atoms with Crippen LogP contribution in [0.1, 0.15) is 13.8 Å². The van der Waals surface area contributed by atoms with E-state index in [0.29, 0.717) is 0 Å². The highest BCUT2D eigenvalue weighted by atomic mass is 16.8. The molecule has 2 amide bonds. The Labute approximate surface area is 414 Å². The third kappa shape index (κ3) is 14.1. The Morgan fingerprint density at radius 2 is 0.890 bits per heavy atom. The minimum Gasteiger partial charge on any atom is -0.394 e. The van der Waals surface area contributed by atoms with E-state index in [9.17, 15) is 107 Å². The molecule has 5 saturated heterocycles. The monoisotopic (exact) mass is 1070 g/mol. The highest BCUT2D eigenvalue weighted by Crippen LogP contribution is 2.37. The number of carbonyl (C=O) groups excluding carboxylic acids is 2. The second-order valence-corrected chi connectivity index (χ2v) is 18.0. The quantitative estimate of drug-likeness (QED) is 0.0479. The van der Waals surface area contributed by atoms with Crippen molar-refractivity contribution in [3.63, 3.8) is 0 Å². The van der Waals surface area contributed by atoms with Gasteiger partial charge in [0.25, 0.3) is 0 Å². The molecule has 33 nitrogen and oxygen atoms in total. The first-order valence-corrected chi connectivity index (χ1v) is 23.0. The van der Waals surface area contributed by atoms with Crippen LogP contribution in [0.4, 0.5) is 0 Å². The predicted molar refractivity (Wildman–Crippen MR) is 225 cm³/mol. The Morgan fingerprint density at radius 3 is 1.34 bits per heavy atom. The second kappa shape index (κ2) is 27.4. The molecule has 29 atom stereocenters. The summed E-state index contributed by atoms with van der Waals surface area (Å²) in [5, 5.41) is 206. The molecule has 21 N–H and O–H groups in total. The standard InChI is InChI=1S/C40H70N2O31/c1-10(49)41-12(3-43)32(20(52)13(51)4-44)70-40-35(73-39-30(62)27(59)23(55)16(7-47)67-39)31(63)34(18(69-40)9-64-37-28(60)25(57)21(53)14(5-45)65-37)71-36-19(42-11(2)50)24(56)33(17(8-48)68-36)72-38-29(61)26(58)22(54)15(6-46)66-38/h12-40,43-48,51-63H,3-9H2,1-2H3,(H,41,49)(H,42,50)/t12-,13+,14+,15+,16+,17+,18+,19+,20-,21-,22-,23+,24+,25-,26-,27-,28+,29+,30+,31-,32+,33-,34+,35+,36-,37-,38-,39+,40-/m0/s1. The van der Waals surface area contributed by atoms with E-state index in [0.717, 1.165) is 13.8 Å². The molecule has 5 heterocycles. The molecule has 0 spiro atoms. The van der Waals surface area contributed by atoms with Crippen molar-refractivity contribution in [1.29, 1.82) is 0 Å². The van der Waals surface area contributed by atoms with Crippen LogP contribution in [0.25, 0.3) is 0 Å². The lowest BCUT2D eigenvalue weighted by atomic mass is 9.94. The van der Waals surface area contributed by atoms with E-state index >= 15 is 0 Å². The molecule has 5 fully saturated rings. The van der Waals surface area contributed by atoms with Gasteiger partial charge in [0.15, 0.2) is 31.5 Å². The fourth-order valence-corrected chi connectivity index (χ4v) is 8.80. The second-order valence-electron chi connectivity index (χ2n) is 18.0. The largest absolute Gasteiger partial charge is 0.394 e. The lowest BCUT2D eigenvalue weighted by molar-refractivity contribution is -0.396. The molecule has 0 aromatic heterocycles. The maximum absolute atomic E-state index is 12.7. The smallest absolute Gasteiger partial charge is 0.217 e. The minimum absolute atomic E-state index is 0.846. The van der Waals surface area contributed by atoms with Gasteiger partial charge in [-0.25, -0.2) is 0 Å². The van der Waals surface area contributed by atoms with Gasteiger partial charge in [0, 0.05) is 13.8 Å². The summed E-state index contributed by atoms with van der Waals surface area (Å²) in [7, 11) is 0. The fourth-order valence-electron chi connectivity index (χ4n) is 8.80. The maximum atomic E-state index is 12.7. The highest BCUT2D eigenvalue weighted by molar-refractivity contribution is 5.73. The molecule has 0 aromatic rings. The van der Waals surface area contributed by atoms with E-state index in [1.54, 1.807) is 0 Å². The molecule has 0 aromatic carbocycles. The third-order valence-corrected chi connectivity index (χ3v) is 12.9. The van der Waals surface area contributed by atoms with Crippen LogP contribution in [0.3, 0.4) is 0 Å². The van der Waals surface area contributed by atoms with E-state index in [2.05, 4.69) is 10.6 Å². The van der Waals surface area contributed by atoms with Gasteiger partial charge in [-0.3, -0.25) is 9.59 Å². The summed E-state index contributed by atoms with van der Waals surface area (Å²) in [5.74, 6) is -1.75. The van der Waals surface area contributed by atoms with Gasteiger partial charge in [0.1, 0.15) is 140 Å². The zero-order valence-corrected chi connectivity index (χ0v) is 39.1. The van der Waals surface area contributed by atoms with E-state index in [1.165, 1.54) is 0 Å². The average molecular weight is 1070 g/mol. The number of amides is 2. The van der Waals surface area contributed by atoms with Crippen LogP contribution in [-0.2, 0) is 57.0 Å². The van der Waals surface area contributed by atoms with E-state index in [4.69, 9.17) is 47.4 Å². The van der Waals surface area contributed by atoms with E-state index in [-0.39, 0.29) is 0 Å². The number of carbonyl (C=O) groups is 2. The topological polar surface area (TPSA) is 535 Å². The summed E-state index contributed by atoms with van der Waals surface area (Å²) in [4.78, 5) is 25.0. The number of hydrogen-bond acceptors (Lipinski definition) is 31. The molecule has 0 bridgehead atoms. The van der Waals surface area contributed by atoms with Gasteiger partial charge in [0.2, 0.25) is 11.8 Å². The van der Waals surface area contributed by atoms with Gasteiger partial charge in [-0.05, 0) is 0 Å². The van der Waals surface area contributed by atoms with Crippen molar-refractivity contribution in [2.75, 3.05) is 46.2 Å². The molecule has 33 heteroatoms. The highest BCUT2D eigenvalue weighted by Gasteiger charge is 2.57. The molecule has 5 rings (SSSR count). The first kappa shape index (κ1) is 61.6. The van der Waals surface area contributed by atoms with Crippen LogP contribution >= 0.6 is 0 Å². The molecule has 5 aliphatic rings. The van der Waals surface area contributed by atoms with Crippen LogP contribution in [0.2, 0.25) is 0 Å². The van der Waals surface area contributed by atoms with Gasteiger partial charge < -0.3 is 155 Å². The summed E-state index contributed by atoms with van der Waals surface area (Å²) in [6.07, 6.45) is -54.3. The van der Waals surface area contributed by atoms with Crippen molar-refractivity contribution in [3.05, 3.63) is 0 Å². The summed E-state index contributed by atoms with van der Waals surface area (Å²) < 4.78 is 58.1. The Hall–Kier alpha value is -2.22. The molecule has 5 aliphatic heterocycles. The van der Waals surface area contributed by atoms with Crippen molar-refractivity contribution in [2.24, 2.45) is 0 Å². The van der Waals surface area contributed by atoms with Crippen molar-refractivity contribution in [2.45, 2.75) is 192 Å². The van der Waals surface area contributed by atoms with Crippen molar-refractivity contribution in [1.82, 2.24) is 10.6 Å². The average Bonchev–Trinajstić information content (AvgIpc) is 3.36. The number of aliphatic hydroxyl groups is 19. The number of hydrogen-bond donors (Lipinski definition) is 21. The van der Waals surface area contributed by atoms with Gasteiger partial charge in [-0.1, -0.05) is 0 Å². The summed E-state index contributed by atoms with van der Waals surface area (Å²) >= 11 is 0. The van der Waals surface area contributed by atoms with Crippen LogP contribution in [-0.4, -0.2) is 333 Å². The van der Waals surface area contributed by atoms with E-state index < -0.39 is 236 Å². The Morgan fingerprint density at radius 1 is 0.466 bits per heavy atom. The number of rotatable bonds is 22. The van der Waals surface area contributed by atoms with Gasteiger partial charge >= 0.3 is 0 Å². The van der Waals surface area contributed by atoms with Gasteiger partial charge in [-0.15, -0.1) is 0 Å². The molecule has 426 valence electrons. The number of ether oxygens (including phenoxy) is 10. The SMILES string of the molecule is CC(=O)N[C@H]1[C@H](O[C@H]2[C@H](O)[C@@H](O[C@H]3O[C@H](CO)[C@@H](O)[C@H](O)[C@H]3O)[C@H](O[C@@H]([C@@H](O)[C@H](O)CO)[C@H](CO)NC(C)=O)O[C@@H]2CO[C@H]2O[C@H](CO)[C@H](O)[C@H](O)[C@H]2O)O[C@H](CO)[C@H](O[C@@H]2O[C@H](CO)[C@H](O)[C@H](O)[C@H]2O)[C@@H]1O.